The number of nitrogens with two attached hydrogens (primary N) is 4. The standard InChI is InChI=1S/C58H98N16O15/c1-12-31(10)42-55(87)71-43(32(11)76)54(86)64-25-41(78)65-38(24-40(60)77)51(83)69-39(26-75)53(85)72-44(33-17-14-13-15-18-33)45(73-52(84)37(23-29(6)7)67-48(80)34(59)21-27(2)3)56(88)74-46(47(79)30(8)9)57(89)68-36(22-28(4)5)50(82)66-35(49(81)70-42)19-16-20-63-58(61)62/h13-15,17-18,27-32,34-39,42-47,75-76,79H,12,16,19-26,59H2,1-11H3,(H2,60,77)(H,64,86)(H,65,78)(H,66,82)(H,67,80)(H,68,89)(H,69,83)(H,70,81)(H,71,87)(H,72,85)(H,73,84)(H,74,88)(H4,61,62,63)/t31-,32+,34+,35+,36-,37-,38-,39-,42-,43-,44+,45-,46-,47+/m0/s1. The minimum Gasteiger partial charge on any atom is -0.394 e. The first kappa shape index (κ1) is 77.1. The highest BCUT2D eigenvalue weighted by molar-refractivity contribution is 6.00. The van der Waals surface area contributed by atoms with Gasteiger partial charge in [0.15, 0.2) is 5.96 Å². The molecule has 14 atom stereocenters. The minimum atomic E-state index is -2.04. The number of primary amides is 1. The molecule has 2 rings (SSSR count). The number of aliphatic hydroxyl groups excluding tert-OH is 3. The zero-order chi connectivity index (χ0) is 67.6. The highest BCUT2D eigenvalue weighted by Gasteiger charge is 2.42. The molecule has 31 heteroatoms. The molecule has 0 saturated carbocycles. The molecule has 0 spiro atoms. The maximum absolute atomic E-state index is 15.4. The smallest absolute Gasteiger partial charge is 0.245 e. The first-order valence-corrected chi connectivity index (χ1v) is 30.0. The summed E-state index contributed by atoms with van der Waals surface area (Å²) in [6.07, 6.45) is -4.08. The van der Waals surface area contributed by atoms with Crippen molar-refractivity contribution in [2.45, 2.75) is 200 Å². The Morgan fingerprint density at radius 2 is 1.16 bits per heavy atom. The van der Waals surface area contributed by atoms with Crippen LogP contribution in [0.4, 0.5) is 0 Å². The first-order chi connectivity index (χ1) is 41.6. The number of amides is 12. The highest BCUT2D eigenvalue weighted by Crippen LogP contribution is 2.21. The number of rotatable bonds is 23. The Kier molecular flexibility index (Phi) is 32.7. The van der Waals surface area contributed by atoms with Gasteiger partial charge in [0.1, 0.15) is 54.4 Å². The van der Waals surface area contributed by atoms with Gasteiger partial charge in [-0.25, -0.2) is 0 Å². The average molecular weight is 1260 g/mol. The van der Waals surface area contributed by atoms with Gasteiger partial charge in [0.2, 0.25) is 70.9 Å². The molecule has 0 bridgehead atoms. The molecule has 0 radical (unpaired) electrons. The lowest BCUT2D eigenvalue weighted by molar-refractivity contribution is -0.139. The maximum atomic E-state index is 15.4. The molecule has 1 fully saturated rings. The third-order valence-electron chi connectivity index (χ3n) is 14.4. The van der Waals surface area contributed by atoms with E-state index in [1.807, 2.05) is 13.8 Å². The van der Waals surface area contributed by atoms with Crippen LogP contribution >= 0.6 is 0 Å². The van der Waals surface area contributed by atoms with E-state index in [1.165, 1.54) is 38.1 Å². The molecule has 1 aromatic carbocycles. The Bertz CT molecular complexity index is 2600. The predicted molar refractivity (Wildman–Crippen MR) is 327 cm³/mol. The number of benzene rings is 1. The SMILES string of the molecule is CC[C@H](C)[C@@H]1NC(=O)[C@@H](CCCN=C(N)N)NC(=O)[C@H](CC(C)C)NC(=O)[C@H]([C@H](O)C(C)C)NC(=O)[C@@H](NC(=O)[C@H](CC(C)C)NC(=O)[C@H](N)CC(C)C)[C@@H](c2ccccc2)NC(=O)[C@H](CO)NC(=O)[C@H](CC(N)=O)NC(=O)CNC(=O)[C@H]([C@@H](C)O)NC1=O. The first-order valence-electron chi connectivity index (χ1n) is 30.0. The summed E-state index contributed by atoms with van der Waals surface area (Å²) >= 11 is 0. The van der Waals surface area contributed by atoms with Crippen molar-refractivity contribution in [2.75, 3.05) is 19.7 Å². The van der Waals surface area contributed by atoms with Crippen LogP contribution in [-0.2, 0) is 57.5 Å². The molecular formula is C58H98N16O15. The Morgan fingerprint density at radius 3 is 1.70 bits per heavy atom. The summed E-state index contributed by atoms with van der Waals surface area (Å²) in [7, 11) is 0. The molecule has 0 aliphatic carbocycles. The second kappa shape index (κ2) is 37.7. The zero-order valence-corrected chi connectivity index (χ0v) is 52.8. The van der Waals surface area contributed by atoms with Crippen LogP contribution in [0.2, 0.25) is 0 Å². The maximum Gasteiger partial charge on any atom is 0.245 e. The fraction of sp³-hybridized carbons (Fsp3) is 0.672. The van der Waals surface area contributed by atoms with Crippen molar-refractivity contribution in [3.63, 3.8) is 0 Å². The number of nitrogens with zero attached hydrogens (tertiary/aromatic N) is 1. The summed E-state index contributed by atoms with van der Waals surface area (Å²) < 4.78 is 0. The van der Waals surface area contributed by atoms with E-state index in [0.717, 1.165) is 6.92 Å². The van der Waals surface area contributed by atoms with Crippen LogP contribution < -0.4 is 81.4 Å². The van der Waals surface area contributed by atoms with Crippen molar-refractivity contribution < 1.29 is 72.9 Å². The van der Waals surface area contributed by atoms with Gasteiger partial charge in [0, 0.05) is 6.54 Å². The zero-order valence-electron chi connectivity index (χ0n) is 52.8. The molecule has 12 amide bonds. The van der Waals surface area contributed by atoms with E-state index < -0.39 is 181 Å². The summed E-state index contributed by atoms with van der Waals surface area (Å²) in [6, 6.07) is -10.9. The van der Waals surface area contributed by atoms with Gasteiger partial charge >= 0.3 is 0 Å². The van der Waals surface area contributed by atoms with Crippen LogP contribution in [0.3, 0.4) is 0 Å². The molecule has 1 aliphatic rings. The second-order valence-corrected chi connectivity index (χ2v) is 24.1. The predicted octanol–water partition coefficient (Wildman–Crippen LogP) is -4.83. The number of carbonyl (C=O) groups excluding carboxylic acids is 12. The van der Waals surface area contributed by atoms with Gasteiger partial charge in [-0.3, -0.25) is 62.5 Å². The van der Waals surface area contributed by atoms with E-state index in [-0.39, 0.29) is 74.3 Å². The van der Waals surface area contributed by atoms with Crippen molar-refractivity contribution in [3.8, 4) is 0 Å². The van der Waals surface area contributed by atoms with Crippen LogP contribution in [0.1, 0.15) is 133 Å². The molecule has 1 aromatic rings. The Hall–Kier alpha value is -8.03. The number of carbonyl (C=O) groups is 12. The second-order valence-electron chi connectivity index (χ2n) is 24.1. The van der Waals surface area contributed by atoms with Gasteiger partial charge in [-0.05, 0) is 74.2 Å². The van der Waals surface area contributed by atoms with E-state index in [2.05, 4.69) is 63.5 Å². The average Bonchev–Trinajstić information content (AvgIpc) is 1.64. The Labute approximate surface area is 519 Å². The molecule has 22 N–H and O–H groups in total. The van der Waals surface area contributed by atoms with Crippen LogP contribution in [0.5, 0.6) is 0 Å². The number of hydrogen-bond donors (Lipinski definition) is 18. The molecule has 89 heavy (non-hydrogen) atoms. The molecule has 1 saturated heterocycles. The highest BCUT2D eigenvalue weighted by atomic mass is 16.3. The van der Waals surface area contributed by atoms with Gasteiger partial charge in [-0.2, -0.15) is 0 Å². The number of aliphatic imine (C=N–C) groups is 1. The summed E-state index contributed by atoms with van der Waals surface area (Å²) in [5.74, 6) is -15.4. The van der Waals surface area contributed by atoms with Gasteiger partial charge in [-0.15, -0.1) is 0 Å². The van der Waals surface area contributed by atoms with E-state index in [1.54, 1.807) is 47.6 Å². The lowest BCUT2D eigenvalue weighted by Crippen LogP contribution is -2.65. The number of guanidine groups is 1. The van der Waals surface area contributed by atoms with E-state index in [4.69, 9.17) is 22.9 Å². The lowest BCUT2D eigenvalue weighted by atomic mass is 9.94. The van der Waals surface area contributed by atoms with Crippen molar-refractivity contribution in [1.29, 1.82) is 0 Å². The molecular weight excluding hydrogens is 1160 g/mol. The minimum absolute atomic E-state index is 0.0258. The molecule has 0 unspecified atom stereocenters. The van der Waals surface area contributed by atoms with E-state index >= 15 is 4.79 Å². The van der Waals surface area contributed by atoms with Crippen LogP contribution in [0.15, 0.2) is 35.3 Å². The lowest BCUT2D eigenvalue weighted by Gasteiger charge is -2.34. The monoisotopic (exact) mass is 1260 g/mol. The van der Waals surface area contributed by atoms with Crippen molar-refractivity contribution in [2.24, 2.45) is 57.5 Å². The van der Waals surface area contributed by atoms with Crippen LogP contribution in [-0.4, -0.2) is 184 Å². The molecule has 1 heterocycles. The van der Waals surface area contributed by atoms with E-state index in [0.29, 0.717) is 0 Å². The van der Waals surface area contributed by atoms with Crippen molar-refractivity contribution in [3.05, 3.63) is 35.9 Å². The fourth-order valence-electron chi connectivity index (χ4n) is 9.37. The molecule has 31 nitrogen and oxygen atoms in total. The quantitative estimate of drug-likeness (QED) is 0.0278. The largest absolute Gasteiger partial charge is 0.394 e. The Balaban J connectivity index is 3.10. The topological polar surface area (TPSA) is 514 Å². The van der Waals surface area contributed by atoms with Gasteiger partial charge in [-0.1, -0.05) is 106 Å². The van der Waals surface area contributed by atoms with Crippen molar-refractivity contribution >= 4 is 76.8 Å². The molecule has 1 aliphatic heterocycles. The number of nitrogens with one attached hydrogen (secondary N) is 11. The normalized spacial score (nSPS) is 24.5. The molecule has 0 aromatic heterocycles. The molecule has 500 valence electrons. The Morgan fingerprint density at radius 1 is 0.618 bits per heavy atom. The third-order valence-corrected chi connectivity index (χ3v) is 14.4. The number of hydrogen-bond acceptors (Lipinski definition) is 17. The fourth-order valence-corrected chi connectivity index (χ4v) is 9.37. The third kappa shape index (κ3) is 26.3. The summed E-state index contributed by atoms with van der Waals surface area (Å²) in [4.78, 5) is 174. The van der Waals surface area contributed by atoms with Crippen LogP contribution in [0.25, 0.3) is 0 Å². The van der Waals surface area contributed by atoms with Gasteiger partial charge in [0.25, 0.3) is 0 Å². The van der Waals surface area contributed by atoms with Gasteiger partial charge in [0.05, 0.1) is 43.9 Å². The van der Waals surface area contributed by atoms with E-state index in [9.17, 15) is 68.1 Å². The van der Waals surface area contributed by atoms with Crippen molar-refractivity contribution in [1.82, 2.24) is 58.5 Å². The van der Waals surface area contributed by atoms with Gasteiger partial charge < -0.3 is 96.7 Å². The summed E-state index contributed by atoms with van der Waals surface area (Å²) in [5, 5.41) is 60.6. The number of aliphatic hydroxyl groups is 3. The van der Waals surface area contributed by atoms with Crippen LogP contribution in [0, 0.1) is 29.6 Å². The summed E-state index contributed by atoms with van der Waals surface area (Å²) in [6.45, 7) is 15.9. The summed E-state index contributed by atoms with van der Waals surface area (Å²) in [5.41, 5.74) is 22.9.